The Morgan fingerprint density at radius 1 is 1.00 bits per heavy atom. The van der Waals surface area contributed by atoms with Crippen molar-refractivity contribution in [2.45, 2.75) is 76.5 Å². The summed E-state index contributed by atoms with van der Waals surface area (Å²) in [5.41, 5.74) is 3.05. The van der Waals surface area contributed by atoms with Gasteiger partial charge < -0.3 is 5.11 Å². The highest BCUT2D eigenvalue weighted by atomic mass is 16.4. The van der Waals surface area contributed by atoms with Gasteiger partial charge in [0.15, 0.2) is 0 Å². The Morgan fingerprint density at radius 3 is 2.52 bits per heavy atom. The molecule has 0 spiro atoms. The Hall–Kier alpha value is -1.64. The van der Waals surface area contributed by atoms with E-state index in [-0.39, 0.29) is 18.1 Å². The molecule has 0 bridgehead atoms. The van der Waals surface area contributed by atoms with Crippen LogP contribution in [0.2, 0.25) is 0 Å². The lowest BCUT2D eigenvalue weighted by Crippen LogP contribution is -2.15. The maximum Gasteiger partial charge on any atom is 0.310 e. The summed E-state index contributed by atoms with van der Waals surface area (Å²) >= 11 is 0. The molecule has 2 atom stereocenters. The number of aryl methyl sites for hydroxylation is 1. The van der Waals surface area contributed by atoms with Crippen LogP contribution < -0.4 is 0 Å². The van der Waals surface area contributed by atoms with E-state index in [1.54, 1.807) is 5.56 Å². The lowest BCUT2D eigenvalue weighted by atomic mass is 9.81. The van der Waals surface area contributed by atoms with Gasteiger partial charge in [0.25, 0.3) is 0 Å². The van der Waals surface area contributed by atoms with Crippen LogP contribution in [0.1, 0.15) is 81.3 Å². The number of hydrogen-bond acceptors (Lipinski definition) is 2. The summed E-state index contributed by atoms with van der Waals surface area (Å²) in [5.74, 6) is 0.225. The number of carbonyl (C=O) groups excluding carboxylic acids is 1. The van der Waals surface area contributed by atoms with Crippen molar-refractivity contribution in [1.29, 1.82) is 0 Å². The summed E-state index contributed by atoms with van der Waals surface area (Å²) in [5, 5.41) is 8.80. The fourth-order valence-corrected chi connectivity index (χ4v) is 4.86. The highest BCUT2D eigenvalue weighted by Gasteiger charge is 2.30. The number of carboxylic acid groups (broad SMARTS) is 1. The second-order valence-corrected chi connectivity index (χ2v) is 7.99. The minimum absolute atomic E-state index is 0.0188. The Bertz CT molecular complexity index is 601. The van der Waals surface area contributed by atoms with Crippen molar-refractivity contribution >= 4 is 11.8 Å². The smallest absolute Gasteiger partial charge is 0.310 e. The summed E-state index contributed by atoms with van der Waals surface area (Å²) < 4.78 is 0. The van der Waals surface area contributed by atoms with Crippen LogP contribution in [0.3, 0.4) is 0 Å². The topological polar surface area (TPSA) is 54.4 Å². The summed E-state index contributed by atoms with van der Waals surface area (Å²) in [6.07, 6.45) is 11.5. The van der Waals surface area contributed by atoms with Gasteiger partial charge in [-0.15, -0.1) is 0 Å². The molecule has 2 aliphatic carbocycles. The van der Waals surface area contributed by atoms with Gasteiger partial charge in [0.05, 0.1) is 0 Å². The van der Waals surface area contributed by atoms with E-state index in [0.717, 1.165) is 38.0 Å². The van der Waals surface area contributed by atoms with Gasteiger partial charge in [-0.1, -0.05) is 43.5 Å². The van der Waals surface area contributed by atoms with Crippen molar-refractivity contribution in [3.05, 3.63) is 35.4 Å². The van der Waals surface area contributed by atoms with E-state index in [2.05, 4.69) is 24.3 Å². The molecule has 0 amide bonds. The third-order valence-corrected chi connectivity index (χ3v) is 6.24. The van der Waals surface area contributed by atoms with E-state index in [1.807, 2.05) is 0 Å². The van der Waals surface area contributed by atoms with Gasteiger partial charge in [0.2, 0.25) is 0 Å². The van der Waals surface area contributed by atoms with Crippen molar-refractivity contribution in [2.75, 3.05) is 0 Å². The molecule has 3 nitrogen and oxygen atoms in total. The molecule has 2 saturated carbocycles. The average Bonchev–Trinajstić information content (AvgIpc) is 3.10. The van der Waals surface area contributed by atoms with Gasteiger partial charge in [0.1, 0.15) is 12.2 Å². The number of carbonyl (C=O) groups is 2. The average molecular weight is 342 g/mol. The molecule has 2 unspecified atom stereocenters. The second kappa shape index (κ2) is 8.64. The van der Waals surface area contributed by atoms with E-state index >= 15 is 0 Å². The third-order valence-electron chi connectivity index (χ3n) is 6.24. The summed E-state index contributed by atoms with van der Waals surface area (Å²) in [6, 6.07) is 8.92. The zero-order valence-electron chi connectivity index (χ0n) is 15.1. The Kier molecular flexibility index (Phi) is 6.28. The molecule has 1 aromatic carbocycles. The van der Waals surface area contributed by atoms with Crippen LogP contribution in [0, 0.1) is 11.8 Å². The second-order valence-electron chi connectivity index (χ2n) is 7.99. The van der Waals surface area contributed by atoms with E-state index in [0.29, 0.717) is 5.92 Å². The number of ketones is 1. The van der Waals surface area contributed by atoms with Crippen LogP contribution in [0.15, 0.2) is 24.3 Å². The standard InChI is InChI=1S/C22H30O3/c23-21(15-22(24)25)19-13-11-16(14-19)10-12-18-8-4-5-9-20(18)17-6-2-1-3-7-17/h4-5,8-9,16-17,19H,1-3,6-7,10-15H2,(H,24,25). The van der Waals surface area contributed by atoms with Crippen LogP contribution >= 0.6 is 0 Å². The number of aliphatic carboxylic acids is 1. The Morgan fingerprint density at radius 2 is 1.76 bits per heavy atom. The fraction of sp³-hybridized carbons (Fsp3) is 0.636. The zero-order chi connectivity index (χ0) is 17.6. The highest BCUT2D eigenvalue weighted by Crippen LogP contribution is 2.37. The largest absolute Gasteiger partial charge is 0.481 e. The molecule has 0 saturated heterocycles. The quantitative estimate of drug-likeness (QED) is 0.699. The first kappa shape index (κ1) is 18.2. The van der Waals surface area contributed by atoms with E-state index in [1.165, 1.54) is 37.7 Å². The molecule has 0 radical (unpaired) electrons. The third kappa shape index (κ3) is 4.93. The maximum atomic E-state index is 12.0. The zero-order valence-corrected chi connectivity index (χ0v) is 15.1. The van der Waals surface area contributed by atoms with Gasteiger partial charge in [-0.2, -0.15) is 0 Å². The maximum absolute atomic E-state index is 12.0. The van der Waals surface area contributed by atoms with Crippen molar-refractivity contribution in [3.8, 4) is 0 Å². The normalized spacial score (nSPS) is 24.3. The van der Waals surface area contributed by atoms with Gasteiger partial charge in [-0.3, -0.25) is 9.59 Å². The molecule has 0 aromatic heterocycles. The number of benzene rings is 1. The van der Waals surface area contributed by atoms with Crippen LogP contribution in [0.5, 0.6) is 0 Å². The molecule has 3 heteroatoms. The number of rotatable bonds is 7. The van der Waals surface area contributed by atoms with Crippen LogP contribution in [-0.4, -0.2) is 16.9 Å². The van der Waals surface area contributed by atoms with Gasteiger partial charge in [-0.25, -0.2) is 0 Å². The molecule has 0 heterocycles. The summed E-state index contributed by atoms with van der Waals surface area (Å²) in [6.45, 7) is 0. The van der Waals surface area contributed by atoms with Gasteiger partial charge in [0, 0.05) is 5.92 Å². The van der Waals surface area contributed by atoms with Gasteiger partial charge in [-0.05, 0) is 67.9 Å². The molecule has 3 rings (SSSR count). The minimum Gasteiger partial charge on any atom is -0.481 e. The Labute approximate surface area is 150 Å². The van der Waals surface area contributed by atoms with Crippen molar-refractivity contribution in [3.63, 3.8) is 0 Å². The molecular weight excluding hydrogens is 312 g/mol. The van der Waals surface area contributed by atoms with E-state index < -0.39 is 5.97 Å². The number of Topliss-reactive ketones (excluding diaryl/α,β-unsaturated/α-hetero) is 1. The molecule has 2 fully saturated rings. The summed E-state index contributed by atoms with van der Waals surface area (Å²) in [4.78, 5) is 22.7. The number of hydrogen-bond donors (Lipinski definition) is 1. The Balaban J connectivity index is 1.54. The molecule has 0 aliphatic heterocycles. The SMILES string of the molecule is O=C(O)CC(=O)C1CCC(CCc2ccccc2C2CCCCC2)C1. The van der Waals surface area contributed by atoms with Gasteiger partial charge >= 0.3 is 5.97 Å². The molecule has 1 N–H and O–H groups in total. The molecule has 25 heavy (non-hydrogen) atoms. The summed E-state index contributed by atoms with van der Waals surface area (Å²) in [7, 11) is 0. The van der Waals surface area contributed by atoms with Crippen molar-refractivity contribution < 1.29 is 14.7 Å². The monoisotopic (exact) mass is 342 g/mol. The first-order chi connectivity index (χ1) is 12.1. The van der Waals surface area contributed by atoms with Crippen LogP contribution in [-0.2, 0) is 16.0 Å². The predicted molar refractivity (Wildman–Crippen MR) is 98.7 cm³/mol. The molecule has 2 aliphatic rings. The lowest BCUT2D eigenvalue weighted by molar-refractivity contribution is -0.141. The lowest BCUT2D eigenvalue weighted by Gasteiger charge is -2.24. The van der Waals surface area contributed by atoms with Crippen molar-refractivity contribution in [1.82, 2.24) is 0 Å². The van der Waals surface area contributed by atoms with E-state index in [4.69, 9.17) is 5.11 Å². The number of carboxylic acids is 1. The first-order valence-electron chi connectivity index (χ1n) is 9.95. The minimum atomic E-state index is -0.991. The van der Waals surface area contributed by atoms with E-state index in [9.17, 15) is 9.59 Å². The van der Waals surface area contributed by atoms with Crippen LogP contribution in [0.4, 0.5) is 0 Å². The molecule has 136 valence electrons. The fourth-order valence-electron chi connectivity index (χ4n) is 4.86. The van der Waals surface area contributed by atoms with Crippen molar-refractivity contribution in [2.24, 2.45) is 11.8 Å². The molecular formula is C22H30O3. The first-order valence-corrected chi connectivity index (χ1v) is 9.95. The van der Waals surface area contributed by atoms with Crippen LogP contribution in [0.25, 0.3) is 0 Å². The predicted octanol–water partition coefficient (Wildman–Crippen LogP) is 5.13. The molecule has 1 aromatic rings. The highest BCUT2D eigenvalue weighted by molar-refractivity contribution is 5.96.